The van der Waals surface area contributed by atoms with Gasteiger partial charge in [-0.05, 0) is 13.8 Å². The normalized spacial score (nSPS) is 7.75. The Bertz CT molecular complexity index is 58.8. The number of hydrogen-bond acceptors (Lipinski definition) is 1. The van der Waals surface area contributed by atoms with Gasteiger partial charge in [0.05, 0.1) is 0 Å². The lowest BCUT2D eigenvalue weighted by Crippen LogP contribution is -1.70. The van der Waals surface area contributed by atoms with Crippen molar-refractivity contribution in [2.75, 3.05) is 0 Å². The Labute approximate surface area is 54.2 Å². The van der Waals surface area contributed by atoms with Crippen molar-refractivity contribution in [3.63, 3.8) is 0 Å². The number of rotatable bonds is 0. The molecule has 0 atom stereocenters. The van der Waals surface area contributed by atoms with E-state index in [1.165, 1.54) is 0 Å². The minimum absolute atomic E-state index is 0.306. The molecule has 5 heteroatoms. The van der Waals surface area contributed by atoms with Crippen LogP contribution in [0.2, 0.25) is 0 Å². The summed E-state index contributed by atoms with van der Waals surface area (Å²) in [6.07, 6.45) is 0. The van der Waals surface area contributed by atoms with Crippen molar-refractivity contribution in [2.24, 2.45) is 0 Å². The zero-order valence-corrected chi connectivity index (χ0v) is 6.36. The van der Waals surface area contributed by atoms with E-state index in [1.807, 2.05) is 13.8 Å². The van der Waals surface area contributed by atoms with E-state index in [0.29, 0.717) is 5.38 Å². The van der Waals surface area contributed by atoms with Crippen LogP contribution in [0.15, 0.2) is 0 Å². The molecule has 0 heterocycles. The molecule has 0 saturated heterocycles. The number of halogens is 1. The van der Waals surface area contributed by atoms with Crippen LogP contribution in [0.3, 0.4) is 0 Å². The van der Waals surface area contributed by atoms with Crippen LogP contribution in [-0.2, 0) is 4.57 Å². The van der Waals surface area contributed by atoms with Gasteiger partial charge in [-0.1, -0.05) is 0 Å². The summed E-state index contributed by atoms with van der Waals surface area (Å²) in [7, 11) is -2.87. The summed E-state index contributed by atoms with van der Waals surface area (Å²) in [5, 5.41) is 0.306. The number of alkyl halides is 1. The Kier molecular flexibility index (Phi) is 10.2. The fourth-order valence-corrected chi connectivity index (χ4v) is 0. The third-order valence-electron chi connectivity index (χ3n) is 0. The molecule has 50 valence electrons. The minimum atomic E-state index is -2.87. The molecule has 0 aliphatic carbocycles. The maximum Gasteiger partial charge on any atom is 0.692 e. The van der Waals surface area contributed by atoms with Crippen molar-refractivity contribution in [3.8, 4) is 0 Å². The molecular formula is C3H9ClO3P+. The van der Waals surface area contributed by atoms with Gasteiger partial charge in [0.1, 0.15) is 0 Å². The van der Waals surface area contributed by atoms with Gasteiger partial charge in [0, 0.05) is 9.94 Å². The smallest absolute Gasteiger partial charge is 0.134 e. The first-order chi connectivity index (χ1) is 3.46. The molecule has 0 spiro atoms. The Morgan fingerprint density at radius 3 is 1.50 bits per heavy atom. The van der Waals surface area contributed by atoms with E-state index in [-0.39, 0.29) is 0 Å². The summed E-state index contributed by atoms with van der Waals surface area (Å²) in [6.45, 7) is 3.86. The van der Waals surface area contributed by atoms with Crippen molar-refractivity contribution < 1.29 is 14.4 Å². The van der Waals surface area contributed by atoms with Gasteiger partial charge in [-0.15, -0.1) is 21.4 Å². The van der Waals surface area contributed by atoms with Crippen molar-refractivity contribution >= 4 is 19.9 Å². The van der Waals surface area contributed by atoms with Crippen LogP contribution < -0.4 is 0 Å². The van der Waals surface area contributed by atoms with Gasteiger partial charge in [-0.3, -0.25) is 0 Å². The van der Waals surface area contributed by atoms with E-state index in [2.05, 4.69) is 0 Å². The van der Waals surface area contributed by atoms with Crippen LogP contribution >= 0.6 is 19.9 Å². The molecular weight excluding hydrogens is 150 g/mol. The van der Waals surface area contributed by atoms with E-state index in [9.17, 15) is 0 Å². The summed E-state index contributed by atoms with van der Waals surface area (Å²) in [5.41, 5.74) is 0. The Hall–Kier alpha value is 0.310. The number of hydrogen-bond donors (Lipinski definition) is 2. The van der Waals surface area contributed by atoms with E-state index in [0.717, 1.165) is 0 Å². The maximum atomic E-state index is 8.70. The molecule has 0 aliphatic rings. The zero-order chi connectivity index (χ0) is 7.15. The van der Waals surface area contributed by atoms with Gasteiger partial charge in [0.2, 0.25) is 0 Å². The second-order valence-electron chi connectivity index (χ2n) is 1.27. The standard InChI is InChI=1S/C3H7Cl.HO3P/c1-3(2)4;1-4(2)3/h3H,1-2H3;(H-,1,2,3)/p+1. The SMILES string of the molecule is CC(C)Cl.O=[P+](O)O. The van der Waals surface area contributed by atoms with Crippen LogP contribution in [0.4, 0.5) is 0 Å². The fraction of sp³-hybridized carbons (Fsp3) is 1.00. The van der Waals surface area contributed by atoms with Crippen molar-refractivity contribution in [2.45, 2.75) is 19.2 Å². The first-order valence-corrected chi connectivity index (χ1v) is 3.56. The van der Waals surface area contributed by atoms with Gasteiger partial charge < -0.3 is 0 Å². The van der Waals surface area contributed by atoms with Gasteiger partial charge in [-0.25, -0.2) is 0 Å². The molecule has 3 nitrogen and oxygen atoms in total. The van der Waals surface area contributed by atoms with E-state index in [4.69, 9.17) is 26.0 Å². The zero-order valence-electron chi connectivity index (χ0n) is 4.71. The van der Waals surface area contributed by atoms with Gasteiger partial charge in [0.15, 0.2) is 0 Å². The lowest BCUT2D eigenvalue weighted by molar-refractivity contribution is 0.405. The largest absolute Gasteiger partial charge is 0.692 e. The molecule has 2 N–H and O–H groups in total. The first-order valence-electron chi connectivity index (χ1n) is 1.96. The monoisotopic (exact) mass is 159 g/mol. The van der Waals surface area contributed by atoms with Crippen molar-refractivity contribution in [1.29, 1.82) is 0 Å². The molecule has 0 fully saturated rings. The molecule has 0 unspecified atom stereocenters. The van der Waals surface area contributed by atoms with Gasteiger partial charge in [-0.2, -0.15) is 0 Å². The van der Waals surface area contributed by atoms with E-state index >= 15 is 0 Å². The molecule has 8 heavy (non-hydrogen) atoms. The van der Waals surface area contributed by atoms with Gasteiger partial charge >= 0.3 is 8.25 Å². The average Bonchev–Trinajstić information content (AvgIpc) is 1.25. The van der Waals surface area contributed by atoms with Crippen molar-refractivity contribution in [3.05, 3.63) is 0 Å². The molecule has 0 aromatic heterocycles. The molecule has 0 radical (unpaired) electrons. The lowest BCUT2D eigenvalue weighted by atomic mass is 10.6. The highest BCUT2D eigenvalue weighted by Gasteiger charge is 1.93. The predicted octanol–water partition coefficient (Wildman–Crippen LogP) is 1.26. The highest BCUT2D eigenvalue weighted by molar-refractivity contribution is 7.30. The second-order valence-corrected chi connectivity index (χ2v) is 2.64. The van der Waals surface area contributed by atoms with Crippen molar-refractivity contribution in [1.82, 2.24) is 0 Å². The summed E-state index contributed by atoms with van der Waals surface area (Å²) < 4.78 is 8.70. The summed E-state index contributed by atoms with van der Waals surface area (Å²) >= 11 is 5.27. The molecule has 0 rings (SSSR count). The summed E-state index contributed by atoms with van der Waals surface area (Å²) in [5.74, 6) is 0. The van der Waals surface area contributed by atoms with Crippen LogP contribution in [0.5, 0.6) is 0 Å². The summed E-state index contributed by atoms with van der Waals surface area (Å²) in [6, 6.07) is 0. The molecule has 0 saturated carbocycles. The lowest BCUT2D eigenvalue weighted by Gasteiger charge is -1.76. The van der Waals surface area contributed by atoms with Crippen LogP contribution in [0.1, 0.15) is 13.8 Å². The van der Waals surface area contributed by atoms with Crippen LogP contribution in [-0.4, -0.2) is 15.2 Å². The quantitative estimate of drug-likeness (QED) is 0.413. The minimum Gasteiger partial charge on any atom is -0.134 e. The topological polar surface area (TPSA) is 57.5 Å². The molecule has 0 aromatic carbocycles. The Morgan fingerprint density at radius 2 is 1.50 bits per heavy atom. The third-order valence-corrected chi connectivity index (χ3v) is 0. The molecule has 0 aromatic rings. The fourth-order valence-electron chi connectivity index (χ4n) is 0. The maximum absolute atomic E-state index is 8.70. The second kappa shape index (κ2) is 7.31. The molecule has 0 bridgehead atoms. The van der Waals surface area contributed by atoms with Crippen LogP contribution in [0.25, 0.3) is 0 Å². The first kappa shape index (κ1) is 11.2. The predicted molar refractivity (Wildman–Crippen MR) is 33.0 cm³/mol. The molecule has 0 amide bonds. The highest BCUT2D eigenvalue weighted by Crippen LogP contribution is 1.98. The summed E-state index contributed by atoms with van der Waals surface area (Å²) in [4.78, 5) is 14.2. The van der Waals surface area contributed by atoms with E-state index in [1.54, 1.807) is 0 Å². The average molecular weight is 160 g/mol. The van der Waals surface area contributed by atoms with Crippen LogP contribution in [0, 0.1) is 0 Å². The third kappa shape index (κ3) is 1850. The molecule has 0 aliphatic heterocycles. The van der Waals surface area contributed by atoms with E-state index < -0.39 is 8.25 Å². The van der Waals surface area contributed by atoms with Gasteiger partial charge in [0.25, 0.3) is 0 Å². The Balaban J connectivity index is 0. The Morgan fingerprint density at radius 1 is 1.50 bits per heavy atom. The highest BCUT2D eigenvalue weighted by atomic mass is 35.5.